The summed E-state index contributed by atoms with van der Waals surface area (Å²) in [6.07, 6.45) is -0.0127. The van der Waals surface area contributed by atoms with Gasteiger partial charge in [-0.1, -0.05) is 42.5 Å². The van der Waals surface area contributed by atoms with Crippen molar-refractivity contribution in [2.75, 3.05) is 7.11 Å². The fourth-order valence-electron chi connectivity index (χ4n) is 3.53. The van der Waals surface area contributed by atoms with Crippen molar-refractivity contribution >= 4 is 12.1 Å². The molecule has 0 saturated carbocycles. The van der Waals surface area contributed by atoms with Crippen molar-refractivity contribution in [3.05, 3.63) is 77.4 Å². The van der Waals surface area contributed by atoms with Gasteiger partial charge in [0.1, 0.15) is 35.6 Å². The molecule has 0 aliphatic heterocycles. The Balaban J connectivity index is 1.67. The summed E-state index contributed by atoms with van der Waals surface area (Å²) < 4.78 is 18.1. The Kier molecular flexibility index (Phi) is 9.05. The number of aromatic nitrogens is 3. The van der Waals surface area contributed by atoms with Crippen LogP contribution in [0, 0.1) is 6.92 Å². The van der Waals surface area contributed by atoms with Crippen molar-refractivity contribution in [3.8, 4) is 5.75 Å². The molecule has 0 fully saturated rings. The third-order valence-electron chi connectivity index (χ3n) is 5.36. The highest BCUT2D eigenvalue weighted by Gasteiger charge is 2.28. The maximum absolute atomic E-state index is 12.9. The number of amides is 1. The second kappa shape index (κ2) is 12.2. The third kappa shape index (κ3) is 8.11. The van der Waals surface area contributed by atoms with Gasteiger partial charge in [0.05, 0.1) is 13.7 Å². The van der Waals surface area contributed by atoms with Crippen LogP contribution in [0.25, 0.3) is 0 Å². The molecule has 3 aromatic rings. The van der Waals surface area contributed by atoms with Gasteiger partial charge >= 0.3 is 12.1 Å². The van der Waals surface area contributed by atoms with Crippen LogP contribution in [0.2, 0.25) is 0 Å². The zero-order valence-corrected chi connectivity index (χ0v) is 21.5. The topological polar surface area (TPSA) is 105 Å². The van der Waals surface area contributed by atoms with E-state index in [9.17, 15) is 9.59 Å². The fraction of sp³-hybridized carbons (Fsp3) is 0.407. The number of benzene rings is 2. The monoisotopic (exact) mass is 494 g/mol. The molecule has 0 spiro atoms. The first-order valence-corrected chi connectivity index (χ1v) is 11.9. The Bertz CT molecular complexity index is 1140. The number of ether oxygens (including phenoxy) is 3. The Morgan fingerprint density at radius 1 is 1.00 bits per heavy atom. The number of nitrogens with zero attached hydrogens (tertiary/aromatic N) is 3. The average Bonchev–Trinajstić information content (AvgIpc) is 3.19. The zero-order chi connectivity index (χ0) is 26.1. The van der Waals surface area contributed by atoms with Crippen molar-refractivity contribution in [2.45, 2.75) is 65.3 Å². The summed E-state index contributed by atoms with van der Waals surface area (Å²) in [5.74, 6) is 1.71. The van der Waals surface area contributed by atoms with Gasteiger partial charge < -0.3 is 24.1 Å². The van der Waals surface area contributed by atoms with Crippen molar-refractivity contribution in [2.24, 2.45) is 0 Å². The summed E-state index contributed by atoms with van der Waals surface area (Å²) in [6, 6.07) is 16.2. The average molecular weight is 495 g/mol. The van der Waals surface area contributed by atoms with Crippen LogP contribution < -0.4 is 10.1 Å². The Labute approximate surface area is 211 Å². The van der Waals surface area contributed by atoms with Crippen molar-refractivity contribution in [3.63, 3.8) is 0 Å². The first kappa shape index (κ1) is 26.7. The second-order valence-electron chi connectivity index (χ2n) is 9.43. The van der Waals surface area contributed by atoms with E-state index in [1.165, 1.54) is 0 Å². The predicted octanol–water partition coefficient (Wildman–Crippen LogP) is 4.21. The highest BCUT2D eigenvalue weighted by molar-refractivity contribution is 5.81. The SMILES string of the molecule is COc1ccc(Cn2c(C)nnc2CC[C@H](NC(=O)OCc2ccccc2)C(=O)OC(C)(C)C)cc1. The van der Waals surface area contributed by atoms with E-state index in [4.69, 9.17) is 14.2 Å². The maximum atomic E-state index is 12.9. The molecule has 36 heavy (non-hydrogen) atoms. The molecule has 9 nitrogen and oxygen atoms in total. The molecule has 3 rings (SSSR count). The quantitative estimate of drug-likeness (QED) is 0.421. The number of hydrogen-bond donors (Lipinski definition) is 1. The Hall–Kier alpha value is -3.88. The summed E-state index contributed by atoms with van der Waals surface area (Å²) in [6.45, 7) is 7.90. The minimum atomic E-state index is -0.904. The number of carbonyl (C=O) groups is 2. The molecule has 0 aliphatic rings. The standard InChI is InChI=1S/C27H34N4O5/c1-19-29-30-24(31(19)17-20-11-13-22(34-5)14-12-20)16-15-23(25(32)36-27(2,3)4)28-26(33)35-18-21-9-7-6-8-10-21/h6-14,23H,15-18H2,1-5H3,(H,28,33)/t23-/m0/s1. The number of nitrogens with one attached hydrogen (secondary N) is 1. The van der Waals surface area contributed by atoms with E-state index in [1.54, 1.807) is 27.9 Å². The van der Waals surface area contributed by atoms with Gasteiger partial charge in [0.25, 0.3) is 0 Å². The highest BCUT2D eigenvalue weighted by atomic mass is 16.6. The Morgan fingerprint density at radius 2 is 1.69 bits per heavy atom. The van der Waals surface area contributed by atoms with Gasteiger partial charge in [0.2, 0.25) is 0 Å². The van der Waals surface area contributed by atoms with Crippen LogP contribution in [0.15, 0.2) is 54.6 Å². The summed E-state index contributed by atoms with van der Waals surface area (Å²) >= 11 is 0. The highest BCUT2D eigenvalue weighted by Crippen LogP contribution is 2.16. The van der Waals surface area contributed by atoms with E-state index in [-0.39, 0.29) is 13.0 Å². The van der Waals surface area contributed by atoms with Crippen LogP contribution in [0.3, 0.4) is 0 Å². The van der Waals surface area contributed by atoms with Crippen molar-refractivity contribution in [1.82, 2.24) is 20.1 Å². The van der Waals surface area contributed by atoms with Gasteiger partial charge in [-0.05, 0) is 57.4 Å². The molecule has 1 heterocycles. The van der Waals surface area contributed by atoms with E-state index in [0.29, 0.717) is 18.8 Å². The molecule has 1 amide bonds. The number of methoxy groups -OCH3 is 1. The number of aryl methyl sites for hydroxylation is 2. The molecule has 192 valence electrons. The predicted molar refractivity (Wildman–Crippen MR) is 135 cm³/mol. The lowest BCUT2D eigenvalue weighted by Crippen LogP contribution is -2.44. The molecule has 0 radical (unpaired) electrons. The van der Waals surface area contributed by atoms with Crippen LogP contribution >= 0.6 is 0 Å². The fourth-order valence-corrected chi connectivity index (χ4v) is 3.53. The Morgan fingerprint density at radius 3 is 2.33 bits per heavy atom. The van der Waals surface area contributed by atoms with Gasteiger partial charge in [0.15, 0.2) is 0 Å². The normalized spacial score (nSPS) is 12.0. The number of carbonyl (C=O) groups excluding carboxylic acids is 2. The van der Waals surface area contributed by atoms with Crippen LogP contribution in [0.1, 0.15) is 50.0 Å². The number of alkyl carbamates (subject to hydrolysis) is 1. The number of rotatable bonds is 10. The van der Waals surface area contributed by atoms with Crippen LogP contribution in [-0.2, 0) is 33.8 Å². The number of esters is 1. The molecule has 0 bridgehead atoms. The molecule has 0 saturated heterocycles. The largest absolute Gasteiger partial charge is 0.497 e. The third-order valence-corrected chi connectivity index (χ3v) is 5.36. The van der Waals surface area contributed by atoms with Gasteiger partial charge in [-0.25, -0.2) is 9.59 Å². The lowest BCUT2D eigenvalue weighted by atomic mass is 10.1. The molecule has 0 unspecified atom stereocenters. The van der Waals surface area contributed by atoms with Crippen molar-refractivity contribution in [1.29, 1.82) is 0 Å². The molecular formula is C27H34N4O5. The molecule has 9 heteroatoms. The lowest BCUT2D eigenvalue weighted by molar-refractivity contribution is -0.157. The van der Waals surface area contributed by atoms with E-state index in [0.717, 1.165) is 22.7 Å². The first-order chi connectivity index (χ1) is 17.1. The van der Waals surface area contributed by atoms with Crippen LogP contribution in [0.5, 0.6) is 5.75 Å². The molecule has 1 atom stereocenters. The molecule has 2 aromatic carbocycles. The van der Waals surface area contributed by atoms with Gasteiger partial charge in [-0.3, -0.25) is 0 Å². The van der Waals surface area contributed by atoms with Crippen molar-refractivity contribution < 1.29 is 23.8 Å². The number of hydrogen-bond acceptors (Lipinski definition) is 7. The lowest BCUT2D eigenvalue weighted by Gasteiger charge is -2.24. The zero-order valence-electron chi connectivity index (χ0n) is 21.5. The summed E-state index contributed by atoms with van der Waals surface area (Å²) in [7, 11) is 1.63. The molecule has 1 N–H and O–H groups in total. The first-order valence-electron chi connectivity index (χ1n) is 11.9. The summed E-state index contributed by atoms with van der Waals surface area (Å²) in [5.41, 5.74) is 1.21. The van der Waals surface area contributed by atoms with Crippen LogP contribution in [-0.4, -0.2) is 45.6 Å². The summed E-state index contributed by atoms with van der Waals surface area (Å²) in [5, 5.41) is 11.2. The maximum Gasteiger partial charge on any atom is 0.408 e. The van der Waals surface area contributed by atoms with E-state index in [2.05, 4.69) is 15.5 Å². The summed E-state index contributed by atoms with van der Waals surface area (Å²) in [4.78, 5) is 25.4. The second-order valence-corrected chi connectivity index (χ2v) is 9.43. The molecule has 1 aromatic heterocycles. The van der Waals surface area contributed by atoms with Gasteiger partial charge in [0, 0.05) is 6.42 Å². The van der Waals surface area contributed by atoms with Gasteiger partial charge in [-0.15, -0.1) is 10.2 Å². The van der Waals surface area contributed by atoms with E-state index < -0.39 is 23.7 Å². The van der Waals surface area contributed by atoms with Gasteiger partial charge in [-0.2, -0.15) is 0 Å². The van der Waals surface area contributed by atoms with Crippen LogP contribution in [0.4, 0.5) is 4.79 Å². The van der Waals surface area contributed by atoms with E-state index in [1.807, 2.05) is 66.1 Å². The van der Waals surface area contributed by atoms with E-state index >= 15 is 0 Å². The molecule has 0 aliphatic carbocycles. The minimum Gasteiger partial charge on any atom is -0.497 e. The minimum absolute atomic E-state index is 0.100. The smallest absolute Gasteiger partial charge is 0.408 e. The molecular weight excluding hydrogens is 460 g/mol.